The zero-order valence-corrected chi connectivity index (χ0v) is 13.2. The van der Waals surface area contributed by atoms with Crippen molar-refractivity contribution in [3.63, 3.8) is 0 Å². The number of hydrazone groups is 1. The van der Waals surface area contributed by atoms with Crippen LogP contribution in [0, 0.1) is 11.3 Å². The highest BCUT2D eigenvalue weighted by Crippen LogP contribution is 2.33. The van der Waals surface area contributed by atoms with E-state index in [9.17, 15) is 4.79 Å². The number of Topliss-reactive ketones (excluding diaryl/α,β-unsaturated/α-hetero) is 1. The summed E-state index contributed by atoms with van der Waals surface area (Å²) in [6, 6.07) is 13.0. The van der Waals surface area contributed by atoms with Gasteiger partial charge in [0.2, 0.25) is 11.5 Å². The molecule has 0 saturated carbocycles. The maximum Gasteiger partial charge on any atom is 0.223 e. The van der Waals surface area contributed by atoms with Gasteiger partial charge >= 0.3 is 0 Å². The Morgan fingerprint density at radius 3 is 2.23 bits per heavy atom. The summed E-state index contributed by atoms with van der Waals surface area (Å²) < 4.78 is 0. The highest BCUT2D eigenvalue weighted by Gasteiger charge is 2.14. The average molecular weight is 353 g/mol. The Kier molecular flexibility index (Phi) is 5.40. The lowest BCUT2D eigenvalue weighted by Crippen LogP contribution is -2.14. The fourth-order valence-corrected chi connectivity index (χ4v) is 2.52. The maximum atomic E-state index is 12.1. The second-order valence-electron chi connectivity index (χ2n) is 4.12. The molecule has 0 aliphatic heterocycles. The molecule has 0 amide bonds. The van der Waals surface area contributed by atoms with Gasteiger partial charge in [0.25, 0.3) is 0 Å². The van der Waals surface area contributed by atoms with E-state index in [2.05, 4.69) is 10.5 Å². The molecular weight excluding hydrogens is 345 g/mol. The van der Waals surface area contributed by atoms with Crippen LogP contribution in [-0.4, -0.2) is 11.5 Å². The van der Waals surface area contributed by atoms with E-state index in [-0.39, 0.29) is 21.4 Å². The molecule has 22 heavy (non-hydrogen) atoms. The number of nitriles is 1. The summed E-state index contributed by atoms with van der Waals surface area (Å²) in [7, 11) is 0. The number of carbonyl (C=O) groups excluding carboxylic acids is 1. The van der Waals surface area contributed by atoms with Crippen LogP contribution in [0.2, 0.25) is 15.1 Å². The Bertz CT molecular complexity index is 759. The van der Waals surface area contributed by atoms with Crippen LogP contribution in [0.1, 0.15) is 10.4 Å². The summed E-state index contributed by atoms with van der Waals surface area (Å²) in [6.07, 6.45) is 0. The van der Waals surface area contributed by atoms with Crippen LogP contribution in [-0.2, 0) is 0 Å². The number of ketones is 1. The van der Waals surface area contributed by atoms with Gasteiger partial charge in [-0.25, -0.2) is 0 Å². The predicted octanol–water partition coefficient (Wildman–Crippen LogP) is 4.82. The van der Waals surface area contributed by atoms with Gasteiger partial charge in [0.05, 0.1) is 15.7 Å². The average Bonchev–Trinajstić information content (AvgIpc) is 2.50. The first-order valence-corrected chi connectivity index (χ1v) is 7.14. The number of hydrogen-bond acceptors (Lipinski definition) is 4. The topological polar surface area (TPSA) is 65.2 Å². The molecule has 2 aromatic rings. The minimum Gasteiger partial charge on any atom is -0.286 e. The van der Waals surface area contributed by atoms with E-state index in [4.69, 9.17) is 40.1 Å². The van der Waals surface area contributed by atoms with Gasteiger partial charge in [-0.05, 0) is 12.1 Å². The molecule has 2 aromatic carbocycles. The SMILES string of the molecule is N#C/C(=N/Nc1c(Cl)cc(Cl)cc1Cl)C(=O)c1ccccc1. The fourth-order valence-electron chi connectivity index (χ4n) is 1.61. The first-order valence-electron chi connectivity index (χ1n) is 6.01. The molecule has 0 saturated heterocycles. The van der Waals surface area contributed by atoms with E-state index in [0.717, 1.165) is 0 Å². The predicted molar refractivity (Wildman–Crippen MR) is 88.9 cm³/mol. The molecule has 0 heterocycles. The summed E-state index contributed by atoms with van der Waals surface area (Å²) in [5.74, 6) is -0.503. The summed E-state index contributed by atoms with van der Waals surface area (Å²) >= 11 is 17.8. The highest BCUT2D eigenvalue weighted by molar-refractivity contribution is 6.51. The third kappa shape index (κ3) is 3.77. The minimum absolute atomic E-state index is 0.227. The van der Waals surface area contributed by atoms with Crippen LogP contribution in [0.3, 0.4) is 0 Å². The monoisotopic (exact) mass is 351 g/mol. The summed E-state index contributed by atoms with van der Waals surface area (Å²) in [4.78, 5) is 12.1. The molecule has 110 valence electrons. The highest BCUT2D eigenvalue weighted by atomic mass is 35.5. The lowest BCUT2D eigenvalue weighted by molar-refractivity contribution is 0.106. The van der Waals surface area contributed by atoms with Crippen molar-refractivity contribution in [2.45, 2.75) is 0 Å². The molecule has 7 heteroatoms. The second-order valence-corrected chi connectivity index (χ2v) is 5.37. The van der Waals surface area contributed by atoms with E-state index >= 15 is 0 Å². The van der Waals surface area contributed by atoms with E-state index in [1.807, 2.05) is 0 Å². The largest absolute Gasteiger partial charge is 0.286 e. The van der Waals surface area contributed by atoms with Crippen LogP contribution in [0.5, 0.6) is 0 Å². The molecule has 0 unspecified atom stereocenters. The quantitative estimate of drug-likeness (QED) is 0.487. The molecule has 0 radical (unpaired) electrons. The molecule has 2 rings (SSSR count). The van der Waals surface area contributed by atoms with Crippen molar-refractivity contribution in [1.82, 2.24) is 0 Å². The maximum absolute atomic E-state index is 12.1. The molecule has 0 aliphatic rings. The number of carbonyl (C=O) groups is 1. The fraction of sp³-hybridized carbons (Fsp3) is 0. The normalized spacial score (nSPS) is 10.9. The number of hydrogen-bond donors (Lipinski definition) is 1. The van der Waals surface area contributed by atoms with E-state index in [1.54, 1.807) is 36.4 Å². The molecule has 4 nitrogen and oxygen atoms in total. The Balaban J connectivity index is 2.28. The molecule has 1 N–H and O–H groups in total. The molecule has 0 spiro atoms. The number of benzene rings is 2. The second kappa shape index (κ2) is 7.28. The molecule has 0 aliphatic carbocycles. The Morgan fingerprint density at radius 1 is 1.09 bits per heavy atom. The molecule has 0 aromatic heterocycles. The van der Waals surface area contributed by atoms with Gasteiger partial charge in [-0.15, -0.1) is 0 Å². The molecule has 0 bridgehead atoms. The van der Waals surface area contributed by atoms with Gasteiger partial charge in [0.1, 0.15) is 6.07 Å². The van der Waals surface area contributed by atoms with Gasteiger partial charge in [-0.3, -0.25) is 10.2 Å². The van der Waals surface area contributed by atoms with E-state index in [1.165, 1.54) is 12.1 Å². The van der Waals surface area contributed by atoms with Crippen molar-refractivity contribution < 1.29 is 4.79 Å². The van der Waals surface area contributed by atoms with Crippen molar-refractivity contribution >= 4 is 52.0 Å². The molecule has 0 atom stereocenters. The zero-order chi connectivity index (χ0) is 16.1. The summed E-state index contributed by atoms with van der Waals surface area (Å²) in [5, 5.41) is 13.7. The third-order valence-corrected chi connectivity index (χ3v) is 3.46. The molecule has 0 fully saturated rings. The Labute approximate surface area is 141 Å². The van der Waals surface area contributed by atoms with Gasteiger partial charge in [-0.1, -0.05) is 65.1 Å². The number of nitrogens with zero attached hydrogens (tertiary/aromatic N) is 2. The van der Waals surface area contributed by atoms with Crippen LogP contribution < -0.4 is 5.43 Å². The van der Waals surface area contributed by atoms with Crippen molar-refractivity contribution in [3.05, 3.63) is 63.1 Å². The minimum atomic E-state index is -0.503. The standard InChI is InChI=1S/C15H8Cl3N3O/c16-10-6-11(17)14(12(18)7-10)21-20-13(8-19)15(22)9-4-2-1-3-5-9/h1-7,21H/b20-13-. The van der Waals surface area contributed by atoms with Gasteiger partial charge < -0.3 is 0 Å². The van der Waals surface area contributed by atoms with Gasteiger partial charge in [-0.2, -0.15) is 10.4 Å². The summed E-state index contributed by atoms with van der Waals surface area (Å²) in [5.41, 5.74) is 2.84. The van der Waals surface area contributed by atoms with Crippen LogP contribution >= 0.6 is 34.8 Å². The Morgan fingerprint density at radius 2 is 1.68 bits per heavy atom. The number of anilines is 1. The number of halogens is 3. The lowest BCUT2D eigenvalue weighted by Gasteiger charge is -2.07. The van der Waals surface area contributed by atoms with Crippen LogP contribution in [0.25, 0.3) is 0 Å². The van der Waals surface area contributed by atoms with Crippen LogP contribution in [0.4, 0.5) is 5.69 Å². The van der Waals surface area contributed by atoms with Gasteiger partial charge in [0.15, 0.2) is 0 Å². The first-order chi connectivity index (χ1) is 10.5. The lowest BCUT2D eigenvalue weighted by atomic mass is 10.1. The zero-order valence-electron chi connectivity index (χ0n) is 11.0. The van der Waals surface area contributed by atoms with Gasteiger partial charge in [0, 0.05) is 10.6 Å². The van der Waals surface area contributed by atoms with Crippen molar-refractivity contribution in [2.24, 2.45) is 5.10 Å². The molecular formula is C15H8Cl3N3O. The summed E-state index contributed by atoms with van der Waals surface area (Å²) in [6.45, 7) is 0. The van der Waals surface area contributed by atoms with Crippen LogP contribution in [0.15, 0.2) is 47.6 Å². The van der Waals surface area contributed by atoms with Crippen molar-refractivity contribution in [1.29, 1.82) is 5.26 Å². The van der Waals surface area contributed by atoms with Crippen molar-refractivity contribution in [2.75, 3.05) is 5.43 Å². The third-order valence-electron chi connectivity index (χ3n) is 2.64. The van der Waals surface area contributed by atoms with E-state index in [0.29, 0.717) is 10.6 Å². The van der Waals surface area contributed by atoms with E-state index < -0.39 is 5.78 Å². The smallest absolute Gasteiger partial charge is 0.223 e. The first kappa shape index (κ1) is 16.3. The Hall–Kier alpha value is -2.06. The van der Waals surface area contributed by atoms with Crippen molar-refractivity contribution in [3.8, 4) is 6.07 Å². The number of nitrogens with one attached hydrogen (secondary N) is 1. The number of rotatable bonds is 4.